The Morgan fingerprint density at radius 1 is 1.04 bits per heavy atom. The third-order valence-corrected chi connectivity index (χ3v) is 5.87. The molecule has 0 amide bonds. The van der Waals surface area contributed by atoms with Crippen LogP contribution in [0.15, 0.2) is 42.6 Å². The first-order valence-electron chi connectivity index (χ1n) is 9.56. The number of nitrogens with zero attached hydrogens (tertiary/aromatic N) is 1. The summed E-state index contributed by atoms with van der Waals surface area (Å²) in [5.74, 6) is -1.25. The number of halogens is 2. The van der Waals surface area contributed by atoms with E-state index in [2.05, 4.69) is 15.6 Å². The number of nitrogens with one attached hydrogen (secondary N) is 2. The minimum Gasteiger partial charge on any atom is -0.504 e. The van der Waals surface area contributed by atoms with Gasteiger partial charge in [0.2, 0.25) is 0 Å². The van der Waals surface area contributed by atoms with Crippen molar-refractivity contribution in [2.75, 3.05) is 12.4 Å². The lowest BCUT2D eigenvalue weighted by Gasteiger charge is -2.29. The quantitative estimate of drug-likeness (QED) is 0.554. The largest absolute Gasteiger partial charge is 0.504 e. The number of phenolic OH excluding ortho intramolecular Hbond substituents is 1. The summed E-state index contributed by atoms with van der Waals surface area (Å²) in [7, 11) is 2.02. The Morgan fingerprint density at radius 2 is 1.79 bits per heavy atom. The maximum Gasteiger partial charge on any atom is 0.170 e. The summed E-state index contributed by atoms with van der Waals surface area (Å²) in [4.78, 5) is 4.45. The van der Waals surface area contributed by atoms with E-state index >= 15 is 0 Å². The lowest BCUT2D eigenvalue weighted by Crippen LogP contribution is -2.35. The van der Waals surface area contributed by atoms with Gasteiger partial charge >= 0.3 is 0 Å². The molecule has 3 N–H and O–H groups in total. The number of aromatic hydroxyl groups is 1. The topological polar surface area (TPSA) is 57.2 Å². The number of benzene rings is 2. The zero-order valence-electron chi connectivity index (χ0n) is 15.7. The Hall–Kier alpha value is -2.37. The van der Waals surface area contributed by atoms with Crippen molar-refractivity contribution < 1.29 is 9.50 Å². The van der Waals surface area contributed by atoms with Gasteiger partial charge in [-0.05, 0) is 74.2 Å². The predicted octanol–water partition coefficient (Wildman–Crippen LogP) is 5.34. The van der Waals surface area contributed by atoms with Gasteiger partial charge in [0.25, 0.3) is 0 Å². The summed E-state index contributed by atoms with van der Waals surface area (Å²) in [6, 6.07) is 11.7. The molecule has 1 fully saturated rings. The van der Waals surface area contributed by atoms with E-state index in [1.807, 2.05) is 31.3 Å². The van der Waals surface area contributed by atoms with Crippen LogP contribution in [0.5, 0.6) is 5.75 Å². The second-order valence-electron chi connectivity index (χ2n) is 7.36. The molecule has 1 aromatic heterocycles. The molecule has 0 radical (unpaired) electrons. The summed E-state index contributed by atoms with van der Waals surface area (Å²) in [5, 5.41) is 17.6. The van der Waals surface area contributed by atoms with Crippen LogP contribution in [0.4, 0.5) is 10.1 Å². The molecule has 2 aromatic carbocycles. The number of phenols is 1. The summed E-state index contributed by atoms with van der Waals surface area (Å²) in [5.41, 5.74) is 3.35. The second-order valence-corrected chi connectivity index (χ2v) is 7.77. The highest BCUT2D eigenvalue weighted by atomic mass is 35.5. The molecule has 1 saturated carbocycles. The number of rotatable bonds is 4. The third kappa shape index (κ3) is 3.77. The molecule has 0 aliphatic heterocycles. The number of pyridine rings is 1. The summed E-state index contributed by atoms with van der Waals surface area (Å²) >= 11 is 5.95. The Kier molecular flexibility index (Phi) is 5.38. The smallest absolute Gasteiger partial charge is 0.170 e. The van der Waals surface area contributed by atoms with Gasteiger partial charge in [-0.1, -0.05) is 17.7 Å². The van der Waals surface area contributed by atoms with Gasteiger partial charge in [-0.15, -0.1) is 0 Å². The van der Waals surface area contributed by atoms with Gasteiger partial charge in [0.15, 0.2) is 11.6 Å². The SMILES string of the molecule is CNC1CCC(Nc2ccnc3ccc(-c4cc(F)c(O)c(Cl)c4)cc23)CC1. The molecule has 0 bridgehead atoms. The monoisotopic (exact) mass is 399 g/mol. The van der Waals surface area contributed by atoms with Gasteiger partial charge < -0.3 is 15.7 Å². The molecule has 6 heteroatoms. The van der Waals surface area contributed by atoms with Crippen LogP contribution in [0.25, 0.3) is 22.0 Å². The maximum absolute atomic E-state index is 13.9. The van der Waals surface area contributed by atoms with Crippen LogP contribution in [0, 0.1) is 5.82 Å². The number of hydrogen-bond acceptors (Lipinski definition) is 4. The molecule has 1 heterocycles. The van der Waals surface area contributed by atoms with Gasteiger partial charge in [0.05, 0.1) is 10.5 Å². The lowest BCUT2D eigenvalue weighted by molar-refractivity contribution is 0.371. The molecule has 4 rings (SSSR count). The van der Waals surface area contributed by atoms with E-state index < -0.39 is 11.6 Å². The number of hydrogen-bond donors (Lipinski definition) is 3. The Bertz CT molecular complexity index is 979. The minimum atomic E-state index is -0.728. The fourth-order valence-corrected chi connectivity index (χ4v) is 4.14. The summed E-state index contributed by atoms with van der Waals surface area (Å²) in [6.07, 6.45) is 6.36. The number of fused-ring (bicyclic) bond motifs is 1. The van der Waals surface area contributed by atoms with Crippen molar-refractivity contribution in [2.45, 2.75) is 37.8 Å². The van der Waals surface area contributed by atoms with Gasteiger partial charge in [0.1, 0.15) is 0 Å². The minimum absolute atomic E-state index is 0.000857. The highest BCUT2D eigenvalue weighted by molar-refractivity contribution is 6.32. The van der Waals surface area contributed by atoms with E-state index in [4.69, 9.17) is 11.6 Å². The van der Waals surface area contributed by atoms with E-state index in [9.17, 15) is 9.50 Å². The van der Waals surface area contributed by atoms with Crippen molar-refractivity contribution in [2.24, 2.45) is 0 Å². The van der Waals surface area contributed by atoms with Crippen LogP contribution < -0.4 is 10.6 Å². The lowest BCUT2D eigenvalue weighted by atomic mass is 9.91. The molecule has 1 aliphatic carbocycles. The van der Waals surface area contributed by atoms with E-state index in [0.29, 0.717) is 17.6 Å². The van der Waals surface area contributed by atoms with E-state index in [1.165, 1.54) is 6.07 Å². The molecule has 4 nitrogen and oxygen atoms in total. The fraction of sp³-hybridized carbons (Fsp3) is 0.318. The molecule has 0 atom stereocenters. The molecule has 1 aliphatic rings. The van der Waals surface area contributed by atoms with Crippen LogP contribution in [-0.4, -0.2) is 29.2 Å². The van der Waals surface area contributed by atoms with Crippen LogP contribution in [-0.2, 0) is 0 Å². The zero-order chi connectivity index (χ0) is 19.7. The van der Waals surface area contributed by atoms with Crippen LogP contribution >= 0.6 is 11.6 Å². The van der Waals surface area contributed by atoms with Crippen molar-refractivity contribution in [3.05, 3.63) is 53.4 Å². The Labute approximate surface area is 168 Å². The first-order chi connectivity index (χ1) is 13.5. The standard InChI is InChI=1S/C22H23ClFN3O/c1-25-15-3-5-16(6-4-15)27-21-8-9-26-20-7-2-13(10-17(20)21)14-11-18(23)22(28)19(24)12-14/h2,7-12,15-16,25,28H,3-6H2,1H3,(H,26,27). The van der Waals surface area contributed by atoms with Crippen molar-refractivity contribution in [1.29, 1.82) is 0 Å². The number of anilines is 1. The predicted molar refractivity (Wildman–Crippen MR) is 113 cm³/mol. The molecular formula is C22H23ClFN3O. The zero-order valence-corrected chi connectivity index (χ0v) is 16.4. The average molecular weight is 400 g/mol. The van der Waals surface area contributed by atoms with Crippen molar-refractivity contribution >= 4 is 28.2 Å². The molecular weight excluding hydrogens is 377 g/mol. The highest BCUT2D eigenvalue weighted by Gasteiger charge is 2.20. The van der Waals surface area contributed by atoms with Crippen molar-refractivity contribution in [3.63, 3.8) is 0 Å². The van der Waals surface area contributed by atoms with Crippen molar-refractivity contribution in [3.8, 4) is 16.9 Å². The molecule has 28 heavy (non-hydrogen) atoms. The average Bonchev–Trinajstić information content (AvgIpc) is 2.72. The van der Waals surface area contributed by atoms with E-state index in [1.54, 1.807) is 12.3 Å². The van der Waals surface area contributed by atoms with Crippen molar-refractivity contribution in [1.82, 2.24) is 10.3 Å². The van der Waals surface area contributed by atoms with Gasteiger partial charge in [-0.3, -0.25) is 4.98 Å². The van der Waals surface area contributed by atoms with Crippen LogP contribution in [0.3, 0.4) is 0 Å². The van der Waals surface area contributed by atoms with Crippen LogP contribution in [0.2, 0.25) is 5.02 Å². The van der Waals surface area contributed by atoms with Crippen LogP contribution in [0.1, 0.15) is 25.7 Å². The Morgan fingerprint density at radius 3 is 2.50 bits per heavy atom. The highest BCUT2D eigenvalue weighted by Crippen LogP contribution is 2.35. The van der Waals surface area contributed by atoms with Gasteiger partial charge in [-0.2, -0.15) is 0 Å². The van der Waals surface area contributed by atoms with Gasteiger partial charge in [-0.25, -0.2) is 4.39 Å². The van der Waals surface area contributed by atoms with E-state index in [0.717, 1.165) is 47.8 Å². The first kappa shape index (κ1) is 19.0. The van der Waals surface area contributed by atoms with E-state index in [-0.39, 0.29) is 5.02 Å². The van der Waals surface area contributed by atoms with Gasteiger partial charge in [0, 0.05) is 29.4 Å². The Balaban J connectivity index is 1.66. The molecule has 0 spiro atoms. The number of aromatic nitrogens is 1. The summed E-state index contributed by atoms with van der Waals surface area (Å²) in [6.45, 7) is 0. The molecule has 3 aromatic rings. The third-order valence-electron chi connectivity index (χ3n) is 5.59. The first-order valence-corrected chi connectivity index (χ1v) is 9.94. The maximum atomic E-state index is 13.9. The molecule has 0 saturated heterocycles. The molecule has 0 unspecified atom stereocenters. The normalized spacial score (nSPS) is 19.7. The summed E-state index contributed by atoms with van der Waals surface area (Å²) < 4.78 is 13.9. The molecule has 146 valence electrons. The fourth-order valence-electron chi connectivity index (χ4n) is 3.93. The second kappa shape index (κ2) is 7.94.